The van der Waals surface area contributed by atoms with Crippen molar-refractivity contribution >= 4 is 27.6 Å². The Kier molecular flexibility index (Phi) is 4.08. The van der Waals surface area contributed by atoms with E-state index >= 15 is 0 Å². The van der Waals surface area contributed by atoms with Crippen molar-refractivity contribution in [2.75, 3.05) is 12.3 Å². The van der Waals surface area contributed by atoms with Gasteiger partial charge in [0.2, 0.25) is 0 Å². The van der Waals surface area contributed by atoms with Crippen molar-refractivity contribution in [2.45, 2.75) is 13.3 Å². The molecule has 0 bridgehead atoms. The Morgan fingerprint density at radius 2 is 2.27 bits per heavy atom. The molecule has 15 heavy (non-hydrogen) atoms. The number of benzene rings is 1. The van der Waals surface area contributed by atoms with Crippen molar-refractivity contribution in [2.24, 2.45) is 0 Å². The molecule has 0 spiro atoms. The van der Waals surface area contributed by atoms with E-state index in [-0.39, 0.29) is 24.3 Å². The summed E-state index contributed by atoms with van der Waals surface area (Å²) in [6.45, 7) is 1.97. The van der Waals surface area contributed by atoms with E-state index in [1.54, 1.807) is 13.0 Å². The van der Waals surface area contributed by atoms with Crippen molar-refractivity contribution in [3.05, 3.63) is 28.0 Å². The van der Waals surface area contributed by atoms with Crippen molar-refractivity contribution < 1.29 is 13.9 Å². The van der Waals surface area contributed by atoms with Gasteiger partial charge in [-0.3, -0.25) is 4.79 Å². The minimum atomic E-state index is -0.505. The molecule has 0 aromatic heterocycles. The number of nitrogen functional groups attached to an aromatic ring is 1. The van der Waals surface area contributed by atoms with Gasteiger partial charge in [0.15, 0.2) is 0 Å². The molecule has 0 fully saturated rings. The van der Waals surface area contributed by atoms with E-state index in [0.29, 0.717) is 4.47 Å². The Bertz CT molecular complexity index is 359. The molecule has 0 heterocycles. The van der Waals surface area contributed by atoms with Crippen LogP contribution in [0.25, 0.3) is 0 Å². The van der Waals surface area contributed by atoms with Crippen LogP contribution in [0.4, 0.5) is 10.1 Å². The molecule has 0 amide bonds. The number of anilines is 1. The summed E-state index contributed by atoms with van der Waals surface area (Å²) in [6.07, 6.45) is -0.140. The van der Waals surface area contributed by atoms with Gasteiger partial charge < -0.3 is 10.5 Å². The van der Waals surface area contributed by atoms with Crippen molar-refractivity contribution in [3.8, 4) is 0 Å². The highest BCUT2D eigenvalue weighted by Crippen LogP contribution is 2.23. The van der Waals surface area contributed by atoms with E-state index in [4.69, 9.17) is 10.5 Å². The molecule has 0 aliphatic rings. The zero-order chi connectivity index (χ0) is 11.4. The topological polar surface area (TPSA) is 52.3 Å². The first-order valence-corrected chi connectivity index (χ1v) is 5.23. The van der Waals surface area contributed by atoms with Crippen LogP contribution in [0.5, 0.6) is 0 Å². The SMILES string of the molecule is CCOC(=O)Cc1c(N)cc(Br)cc1F. The normalized spacial score (nSPS) is 10.1. The number of rotatable bonds is 3. The van der Waals surface area contributed by atoms with Crippen LogP contribution >= 0.6 is 15.9 Å². The molecule has 5 heteroatoms. The Labute approximate surface area is 95.5 Å². The maximum absolute atomic E-state index is 13.4. The van der Waals surface area contributed by atoms with Crippen molar-refractivity contribution in [3.63, 3.8) is 0 Å². The second-order valence-corrected chi connectivity index (χ2v) is 3.85. The van der Waals surface area contributed by atoms with Gasteiger partial charge in [0.05, 0.1) is 13.0 Å². The van der Waals surface area contributed by atoms with E-state index in [1.807, 2.05) is 0 Å². The fourth-order valence-electron chi connectivity index (χ4n) is 1.17. The lowest BCUT2D eigenvalue weighted by atomic mass is 10.1. The Hall–Kier alpha value is -1.10. The predicted octanol–water partition coefficient (Wildman–Crippen LogP) is 2.28. The van der Waals surface area contributed by atoms with Gasteiger partial charge in [0.25, 0.3) is 0 Å². The van der Waals surface area contributed by atoms with Gasteiger partial charge in [-0.15, -0.1) is 0 Å². The maximum atomic E-state index is 13.4. The Morgan fingerprint density at radius 1 is 1.60 bits per heavy atom. The average molecular weight is 276 g/mol. The molecule has 0 unspecified atom stereocenters. The van der Waals surface area contributed by atoms with Gasteiger partial charge in [-0.2, -0.15) is 0 Å². The smallest absolute Gasteiger partial charge is 0.310 e. The van der Waals surface area contributed by atoms with Crippen molar-refractivity contribution in [1.82, 2.24) is 0 Å². The zero-order valence-electron chi connectivity index (χ0n) is 8.22. The standard InChI is InChI=1S/C10H11BrFNO2/c1-2-15-10(14)5-7-8(12)3-6(11)4-9(7)13/h3-4H,2,5,13H2,1H3. The minimum Gasteiger partial charge on any atom is -0.466 e. The molecule has 3 nitrogen and oxygen atoms in total. The first-order valence-electron chi connectivity index (χ1n) is 4.43. The summed E-state index contributed by atoms with van der Waals surface area (Å²) >= 11 is 3.11. The van der Waals surface area contributed by atoms with Crippen LogP contribution in [0, 0.1) is 5.82 Å². The molecule has 2 N–H and O–H groups in total. The predicted molar refractivity (Wildman–Crippen MR) is 58.8 cm³/mol. The van der Waals surface area contributed by atoms with Gasteiger partial charge in [-0.05, 0) is 19.1 Å². The number of hydrogen-bond donors (Lipinski definition) is 1. The Morgan fingerprint density at radius 3 is 2.80 bits per heavy atom. The summed E-state index contributed by atoms with van der Waals surface area (Å²) < 4.78 is 18.7. The molecule has 1 rings (SSSR count). The second-order valence-electron chi connectivity index (χ2n) is 2.94. The fourth-order valence-corrected chi connectivity index (χ4v) is 1.61. The monoisotopic (exact) mass is 275 g/mol. The quantitative estimate of drug-likeness (QED) is 0.680. The lowest BCUT2D eigenvalue weighted by Gasteiger charge is -2.07. The summed E-state index contributed by atoms with van der Waals surface area (Å²) in [5.74, 6) is -0.986. The summed E-state index contributed by atoms with van der Waals surface area (Å²) in [7, 11) is 0. The molecule has 0 atom stereocenters. The number of halogens is 2. The highest BCUT2D eigenvalue weighted by molar-refractivity contribution is 9.10. The third-order valence-corrected chi connectivity index (χ3v) is 2.28. The van der Waals surface area contributed by atoms with Crippen LogP contribution < -0.4 is 5.73 Å². The number of carbonyl (C=O) groups is 1. The summed E-state index contributed by atoms with van der Waals surface area (Å²) in [4.78, 5) is 11.1. The third kappa shape index (κ3) is 3.20. The second kappa shape index (κ2) is 5.11. The van der Waals surface area contributed by atoms with Gasteiger partial charge in [-0.1, -0.05) is 15.9 Å². The molecule has 0 saturated heterocycles. The van der Waals surface area contributed by atoms with E-state index in [1.165, 1.54) is 6.07 Å². The molecule has 82 valence electrons. The highest BCUT2D eigenvalue weighted by Gasteiger charge is 2.13. The first-order chi connectivity index (χ1) is 7.04. The number of ether oxygens (including phenoxy) is 1. The van der Waals surface area contributed by atoms with Crippen LogP contribution in [-0.2, 0) is 16.0 Å². The summed E-state index contributed by atoms with van der Waals surface area (Å²) in [6, 6.07) is 2.82. The van der Waals surface area contributed by atoms with Crippen LogP contribution in [0.2, 0.25) is 0 Å². The summed E-state index contributed by atoms with van der Waals surface area (Å²) in [5.41, 5.74) is 6.01. The van der Waals surface area contributed by atoms with Crippen LogP contribution in [0.1, 0.15) is 12.5 Å². The van der Waals surface area contributed by atoms with Crippen LogP contribution in [-0.4, -0.2) is 12.6 Å². The van der Waals surface area contributed by atoms with Gasteiger partial charge in [-0.25, -0.2) is 4.39 Å². The van der Waals surface area contributed by atoms with Gasteiger partial charge in [0, 0.05) is 15.7 Å². The largest absolute Gasteiger partial charge is 0.466 e. The number of esters is 1. The zero-order valence-corrected chi connectivity index (χ0v) is 9.80. The van der Waals surface area contributed by atoms with E-state index in [2.05, 4.69) is 15.9 Å². The lowest BCUT2D eigenvalue weighted by molar-refractivity contribution is -0.142. The molecular formula is C10H11BrFNO2. The van der Waals surface area contributed by atoms with E-state index < -0.39 is 11.8 Å². The molecular weight excluding hydrogens is 265 g/mol. The first kappa shape index (κ1) is 12.0. The van der Waals surface area contributed by atoms with E-state index in [9.17, 15) is 9.18 Å². The van der Waals surface area contributed by atoms with Gasteiger partial charge in [0.1, 0.15) is 5.82 Å². The molecule has 0 radical (unpaired) electrons. The molecule has 1 aromatic rings. The molecule has 0 saturated carbocycles. The van der Waals surface area contributed by atoms with Crippen LogP contribution in [0.3, 0.4) is 0 Å². The third-order valence-electron chi connectivity index (χ3n) is 1.82. The number of carbonyl (C=O) groups excluding carboxylic acids is 1. The highest BCUT2D eigenvalue weighted by atomic mass is 79.9. The molecule has 0 aliphatic carbocycles. The number of hydrogen-bond acceptors (Lipinski definition) is 3. The minimum absolute atomic E-state index is 0.140. The fraction of sp³-hybridized carbons (Fsp3) is 0.300. The maximum Gasteiger partial charge on any atom is 0.310 e. The summed E-state index contributed by atoms with van der Waals surface area (Å²) in [5, 5.41) is 0. The molecule has 0 aliphatic heterocycles. The number of nitrogens with two attached hydrogens (primary N) is 1. The molecule has 1 aromatic carbocycles. The lowest BCUT2D eigenvalue weighted by Crippen LogP contribution is -2.10. The van der Waals surface area contributed by atoms with Gasteiger partial charge >= 0.3 is 5.97 Å². The van der Waals surface area contributed by atoms with Crippen LogP contribution in [0.15, 0.2) is 16.6 Å². The van der Waals surface area contributed by atoms with Crippen molar-refractivity contribution in [1.29, 1.82) is 0 Å². The average Bonchev–Trinajstić information content (AvgIpc) is 2.11. The van der Waals surface area contributed by atoms with E-state index in [0.717, 1.165) is 0 Å². The Balaban J connectivity index is 2.90.